The second kappa shape index (κ2) is 2.83. The molecule has 0 aromatic carbocycles. The number of ether oxygens (including phenoxy) is 1. The van der Waals surface area contributed by atoms with Gasteiger partial charge in [0, 0.05) is 0 Å². The minimum Gasteiger partial charge on any atom is -0.380 e. The molecule has 56 valence electrons. The van der Waals surface area contributed by atoms with Crippen LogP contribution in [-0.4, -0.2) is 26.3 Å². The zero-order chi connectivity index (χ0) is 7.45. The van der Waals surface area contributed by atoms with Gasteiger partial charge in [-0.3, -0.25) is 0 Å². The Balaban J connectivity index is 2.41. The fourth-order valence-electron chi connectivity index (χ4n) is 0.897. The van der Waals surface area contributed by atoms with Crippen molar-refractivity contribution in [2.45, 2.75) is 0 Å². The molecule has 5 heteroatoms. The molecule has 10 heavy (non-hydrogen) atoms. The Kier molecular flexibility index (Phi) is 2.06. The van der Waals surface area contributed by atoms with E-state index in [-0.39, 0.29) is 18.5 Å². The van der Waals surface area contributed by atoms with Crippen molar-refractivity contribution >= 4 is 0 Å². The first-order valence-corrected chi connectivity index (χ1v) is 2.99. The summed E-state index contributed by atoms with van der Waals surface area (Å²) >= 11 is 0. The van der Waals surface area contributed by atoms with Crippen LogP contribution in [0.2, 0.25) is 0 Å². The molecule has 0 bridgehead atoms. The summed E-state index contributed by atoms with van der Waals surface area (Å²) in [5.74, 6) is 0. The molecule has 0 saturated carbocycles. The van der Waals surface area contributed by atoms with Crippen LogP contribution in [0.3, 0.4) is 0 Å². The lowest BCUT2D eigenvalue weighted by Gasteiger charge is -2.36. The lowest BCUT2D eigenvalue weighted by Crippen LogP contribution is -2.47. The molecule has 0 N–H and O–H groups in total. The molecule has 1 heterocycles. The smallest absolute Gasteiger partial charge is 0.0930 e. The first kappa shape index (κ1) is 7.27. The topological polar surface area (TPSA) is 68.1 Å². The van der Waals surface area contributed by atoms with Gasteiger partial charge >= 0.3 is 0 Å². The summed E-state index contributed by atoms with van der Waals surface area (Å²) in [4.78, 5) is 19.7. The lowest BCUT2D eigenvalue weighted by molar-refractivity contribution is -0.1000. The Morgan fingerprint density at radius 3 is 1.90 bits per heavy atom. The number of hydrogen-bond acceptors (Lipinski definition) is 5. The maximum absolute atomic E-state index is 9.84. The second-order valence-corrected chi connectivity index (χ2v) is 2.57. The van der Waals surface area contributed by atoms with Gasteiger partial charge < -0.3 is 4.74 Å². The van der Waals surface area contributed by atoms with Crippen molar-refractivity contribution in [3.8, 4) is 0 Å². The minimum absolute atomic E-state index is 0.138. The molecular weight excluding hydrogens is 136 g/mol. The Morgan fingerprint density at radius 2 is 1.70 bits per heavy atom. The molecule has 1 saturated heterocycles. The van der Waals surface area contributed by atoms with E-state index < -0.39 is 0 Å². The highest BCUT2D eigenvalue weighted by molar-refractivity contribution is 4.89. The molecule has 1 aliphatic rings. The molecule has 1 fully saturated rings. The minimum atomic E-state index is -0.358. The summed E-state index contributed by atoms with van der Waals surface area (Å²) in [6.45, 7) is 1.15. The van der Waals surface area contributed by atoms with E-state index in [2.05, 4.69) is 10.4 Å². The standard InChI is InChI=1S/C5H8N2O3/c8-6-1-5(2-7-9)3-10-4-5/h1-4H2. The van der Waals surface area contributed by atoms with E-state index in [0.717, 1.165) is 0 Å². The maximum atomic E-state index is 9.84. The van der Waals surface area contributed by atoms with Crippen LogP contribution < -0.4 is 0 Å². The van der Waals surface area contributed by atoms with Gasteiger partial charge in [-0.2, -0.15) is 9.81 Å². The molecule has 0 radical (unpaired) electrons. The van der Waals surface area contributed by atoms with Crippen LogP contribution in [0.4, 0.5) is 0 Å². The zero-order valence-electron chi connectivity index (χ0n) is 5.45. The van der Waals surface area contributed by atoms with Gasteiger partial charge in [0.2, 0.25) is 0 Å². The van der Waals surface area contributed by atoms with Crippen molar-refractivity contribution in [3.05, 3.63) is 9.81 Å². The van der Waals surface area contributed by atoms with Gasteiger partial charge in [0.15, 0.2) is 0 Å². The summed E-state index contributed by atoms with van der Waals surface area (Å²) in [5.41, 5.74) is -0.358. The van der Waals surface area contributed by atoms with E-state index in [1.54, 1.807) is 0 Å². The van der Waals surface area contributed by atoms with Gasteiger partial charge in [0.05, 0.1) is 31.7 Å². The molecule has 1 aliphatic heterocycles. The first-order chi connectivity index (χ1) is 4.83. The number of hydrogen-bond donors (Lipinski definition) is 0. The van der Waals surface area contributed by atoms with Crippen LogP contribution in [0, 0.1) is 15.2 Å². The maximum Gasteiger partial charge on any atom is 0.0930 e. The number of nitroso groups, excluding NO2 is 2. The van der Waals surface area contributed by atoms with Crippen LogP contribution >= 0.6 is 0 Å². The third kappa shape index (κ3) is 1.18. The van der Waals surface area contributed by atoms with Crippen molar-refractivity contribution in [2.24, 2.45) is 15.8 Å². The molecular formula is C5H8N2O3. The summed E-state index contributed by atoms with van der Waals surface area (Å²) in [5, 5.41) is 5.44. The fraction of sp³-hybridized carbons (Fsp3) is 1.00. The van der Waals surface area contributed by atoms with E-state index in [1.807, 2.05) is 0 Å². The van der Waals surface area contributed by atoms with Gasteiger partial charge in [-0.1, -0.05) is 10.4 Å². The highest BCUT2D eigenvalue weighted by Gasteiger charge is 2.39. The third-order valence-electron chi connectivity index (χ3n) is 1.62. The molecule has 5 nitrogen and oxygen atoms in total. The van der Waals surface area contributed by atoms with Crippen molar-refractivity contribution in [1.82, 2.24) is 0 Å². The van der Waals surface area contributed by atoms with Gasteiger partial charge in [0.1, 0.15) is 0 Å². The van der Waals surface area contributed by atoms with Crippen LogP contribution in [0.1, 0.15) is 0 Å². The first-order valence-electron chi connectivity index (χ1n) is 2.99. The molecule has 0 aliphatic carbocycles. The Hall–Kier alpha value is -0.840. The van der Waals surface area contributed by atoms with Gasteiger partial charge in [-0.05, 0) is 0 Å². The predicted molar refractivity (Wildman–Crippen MR) is 34.6 cm³/mol. The van der Waals surface area contributed by atoms with Crippen molar-refractivity contribution < 1.29 is 4.74 Å². The Bertz CT molecular complexity index is 132. The van der Waals surface area contributed by atoms with Crippen LogP contribution in [0.15, 0.2) is 10.4 Å². The molecule has 0 aromatic heterocycles. The van der Waals surface area contributed by atoms with Crippen LogP contribution in [0.25, 0.3) is 0 Å². The largest absolute Gasteiger partial charge is 0.380 e. The fourth-order valence-corrected chi connectivity index (χ4v) is 0.897. The number of rotatable bonds is 4. The monoisotopic (exact) mass is 144 g/mol. The van der Waals surface area contributed by atoms with E-state index in [9.17, 15) is 9.81 Å². The summed E-state index contributed by atoms with van der Waals surface area (Å²) in [6.07, 6.45) is 0. The van der Waals surface area contributed by atoms with E-state index in [1.165, 1.54) is 0 Å². The third-order valence-corrected chi connectivity index (χ3v) is 1.62. The molecule has 1 rings (SSSR count). The van der Waals surface area contributed by atoms with Crippen molar-refractivity contribution in [1.29, 1.82) is 0 Å². The number of nitrogens with zero attached hydrogens (tertiary/aromatic N) is 2. The summed E-state index contributed by atoms with van der Waals surface area (Å²) < 4.78 is 4.85. The van der Waals surface area contributed by atoms with Gasteiger partial charge in [0.25, 0.3) is 0 Å². The quantitative estimate of drug-likeness (QED) is 0.540. The SMILES string of the molecule is O=NCC1(CN=O)COC1. The Morgan fingerprint density at radius 1 is 1.20 bits per heavy atom. The van der Waals surface area contributed by atoms with Crippen LogP contribution in [0.5, 0.6) is 0 Å². The molecule has 0 unspecified atom stereocenters. The molecule has 0 aromatic rings. The van der Waals surface area contributed by atoms with Crippen molar-refractivity contribution in [3.63, 3.8) is 0 Å². The van der Waals surface area contributed by atoms with E-state index in [0.29, 0.717) is 13.2 Å². The van der Waals surface area contributed by atoms with Gasteiger partial charge in [-0.25, -0.2) is 0 Å². The summed E-state index contributed by atoms with van der Waals surface area (Å²) in [6, 6.07) is 0. The average Bonchev–Trinajstić information content (AvgIpc) is 1.84. The van der Waals surface area contributed by atoms with E-state index in [4.69, 9.17) is 4.74 Å². The van der Waals surface area contributed by atoms with Crippen molar-refractivity contribution in [2.75, 3.05) is 26.3 Å². The average molecular weight is 144 g/mol. The van der Waals surface area contributed by atoms with Gasteiger partial charge in [-0.15, -0.1) is 0 Å². The normalized spacial score (nSPS) is 21.2. The highest BCUT2D eigenvalue weighted by atomic mass is 16.5. The molecule has 0 spiro atoms. The summed E-state index contributed by atoms with van der Waals surface area (Å²) in [7, 11) is 0. The van der Waals surface area contributed by atoms with Crippen LogP contribution in [-0.2, 0) is 4.74 Å². The zero-order valence-corrected chi connectivity index (χ0v) is 5.45. The Labute approximate surface area is 57.7 Å². The predicted octanol–water partition coefficient (Wildman–Crippen LogP) is 0.536. The highest BCUT2D eigenvalue weighted by Crippen LogP contribution is 2.27. The molecule has 0 atom stereocenters. The van der Waals surface area contributed by atoms with E-state index >= 15 is 0 Å². The second-order valence-electron chi connectivity index (χ2n) is 2.57. The molecule has 0 amide bonds. The lowest BCUT2D eigenvalue weighted by atomic mass is 9.86.